The number of rotatable bonds is 6. The number of hydrogen-bond donors (Lipinski definition) is 1. The van der Waals surface area contributed by atoms with E-state index >= 15 is 0 Å². The number of halogens is 2. The Labute approximate surface area is 179 Å². The summed E-state index contributed by atoms with van der Waals surface area (Å²) in [5, 5.41) is 4.76. The number of nitrogens with one attached hydrogen (secondary N) is 1. The fourth-order valence-electron chi connectivity index (χ4n) is 2.24. The largest absolute Gasteiger partial charge is 0.319 e. The molecule has 0 fully saturated rings. The molecule has 3 rings (SSSR count). The Morgan fingerprint density at radius 2 is 2.11 bits per heavy atom. The number of anilines is 1. The van der Waals surface area contributed by atoms with E-state index in [2.05, 4.69) is 14.7 Å². The summed E-state index contributed by atoms with van der Waals surface area (Å²) in [4.78, 5) is 21.1. The molecule has 0 saturated heterocycles. The molecule has 1 N–H and O–H groups in total. The Morgan fingerprint density at radius 1 is 1.32 bits per heavy atom. The van der Waals surface area contributed by atoms with Crippen molar-refractivity contribution in [2.75, 3.05) is 11.0 Å². The highest BCUT2D eigenvalue weighted by Gasteiger charge is 2.11. The summed E-state index contributed by atoms with van der Waals surface area (Å²) in [6.45, 7) is 0.449. The molecule has 28 heavy (non-hydrogen) atoms. The molecule has 0 spiro atoms. The number of carbonyl (C=O) groups is 1. The van der Waals surface area contributed by atoms with Crippen LogP contribution in [-0.4, -0.2) is 30.1 Å². The summed E-state index contributed by atoms with van der Waals surface area (Å²) in [5.74, 6) is -0.380. The summed E-state index contributed by atoms with van der Waals surface area (Å²) in [7, 11) is -3.41. The lowest BCUT2D eigenvalue weighted by atomic mass is 10.2. The van der Waals surface area contributed by atoms with Crippen LogP contribution in [0.4, 0.5) is 5.13 Å². The second kappa shape index (κ2) is 8.75. The van der Waals surface area contributed by atoms with Crippen LogP contribution in [0.1, 0.15) is 11.3 Å². The van der Waals surface area contributed by atoms with Crippen LogP contribution in [0, 0.1) is 0 Å². The third-order valence-corrected chi connectivity index (χ3v) is 6.27. The second-order valence-corrected chi connectivity index (χ2v) is 10.1. The molecule has 0 radical (unpaired) electrons. The van der Waals surface area contributed by atoms with Crippen LogP contribution in [0.25, 0.3) is 0 Å². The molecule has 2 heterocycles. The van der Waals surface area contributed by atoms with Crippen molar-refractivity contribution >= 4 is 66.9 Å². The molecule has 0 saturated carbocycles. The lowest BCUT2D eigenvalue weighted by molar-refractivity contribution is -0.117. The lowest BCUT2D eigenvalue weighted by Gasteiger charge is -2.06. The van der Waals surface area contributed by atoms with Crippen molar-refractivity contribution in [1.29, 1.82) is 0 Å². The van der Waals surface area contributed by atoms with E-state index < -0.39 is 10.0 Å². The Balaban J connectivity index is 1.74. The molecule has 0 bridgehead atoms. The summed E-state index contributed by atoms with van der Waals surface area (Å²) in [6, 6.07) is 5.24. The van der Waals surface area contributed by atoms with Crippen LogP contribution in [-0.2, 0) is 27.8 Å². The van der Waals surface area contributed by atoms with E-state index in [1.165, 1.54) is 11.3 Å². The predicted molar refractivity (Wildman–Crippen MR) is 113 cm³/mol. The van der Waals surface area contributed by atoms with Gasteiger partial charge in [0.05, 0.1) is 24.9 Å². The van der Waals surface area contributed by atoms with E-state index in [4.69, 9.17) is 23.2 Å². The van der Waals surface area contributed by atoms with Crippen molar-refractivity contribution in [2.45, 2.75) is 13.0 Å². The number of benzene rings is 1. The van der Waals surface area contributed by atoms with Gasteiger partial charge < -0.3 is 4.57 Å². The minimum Gasteiger partial charge on any atom is -0.319 e. The van der Waals surface area contributed by atoms with Gasteiger partial charge in [-0.3, -0.25) is 9.52 Å². The van der Waals surface area contributed by atoms with E-state index in [1.54, 1.807) is 17.5 Å². The molecule has 7 nitrogen and oxygen atoms in total. The van der Waals surface area contributed by atoms with Gasteiger partial charge in [-0.1, -0.05) is 29.3 Å². The van der Waals surface area contributed by atoms with E-state index in [9.17, 15) is 13.2 Å². The number of hydrogen-bond acceptors (Lipinski definition) is 6. The average molecular weight is 477 g/mol. The molecule has 0 aliphatic rings. The number of carbonyl (C=O) groups excluding carboxylic acids is 1. The molecule has 0 atom stereocenters. The summed E-state index contributed by atoms with van der Waals surface area (Å²) in [6.07, 6.45) is 2.83. The number of sulfonamides is 1. The number of nitrogens with zero attached hydrogens (tertiary/aromatic N) is 3. The Bertz CT molecular complexity index is 1180. The smallest absolute Gasteiger partial charge is 0.254 e. The van der Waals surface area contributed by atoms with Crippen LogP contribution >= 0.6 is 45.9 Å². The molecule has 0 aliphatic heterocycles. The van der Waals surface area contributed by atoms with Crippen molar-refractivity contribution in [2.24, 2.45) is 4.99 Å². The van der Waals surface area contributed by atoms with Crippen molar-refractivity contribution in [3.63, 3.8) is 0 Å². The molecule has 12 heteroatoms. The SMILES string of the molecule is CS(=O)(=O)Nc1nc(CC(=O)N=c2sccn2Cc2ccc(Cl)cc2Cl)cs1. The number of amides is 1. The van der Waals surface area contributed by atoms with Crippen LogP contribution in [0.2, 0.25) is 10.0 Å². The van der Waals surface area contributed by atoms with Crippen LogP contribution < -0.4 is 9.52 Å². The van der Waals surface area contributed by atoms with Crippen LogP contribution in [0.5, 0.6) is 0 Å². The van der Waals surface area contributed by atoms with E-state index in [1.807, 2.05) is 22.2 Å². The zero-order valence-corrected chi connectivity index (χ0v) is 18.4. The molecule has 148 valence electrons. The maximum Gasteiger partial charge on any atom is 0.254 e. The van der Waals surface area contributed by atoms with Gasteiger partial charge in [0.2, 0.25) is 10.0 Å². The zero-order chi connectivity index (χ0) is 20.3. The van der Waals surface area contributed by atoms with Crippen molar-refractivity contribution in [3.05, 3.63) is 61.3 Å². The highest BCUT2D eigenvalue weighted by molar-refractivity contribution is 7.92. The van der Waals surface area contributed by atoms with Gasteiger partial charge in [-0.2, -0.15) is 4.99 Å². The number of thiazole rings is 2. The van der Waals surface area contributed by atoms with Crippen molar-refractivity contribution in [1.82, 2.24) is 9.55 Å². The first-order chi connectivity index (χ1) is 13.2. The van der Waals surface area contributed by atoms with Gasteiger partial charge >= 0.3 is 0 Å². The molecule has 3 aromatic rings. The minimum absolute atomic E-state index is 0.0262. The molecule has 1 aromatic carbocycles. The predicted octanol–water partition coefficient (Wildman–Crippen LogP) is 3.40. The molecule has 2 aromatic heterocycles. The normalized spacial score (nSPS) is 12.3. The maximum atomic E-state index is 12.3. The van der Waals surface area contributed by atoms with Gasteiger partial charge in [0.1, 0.15) is 0 Å². The van der Waals surface area contributed by atoms with E-state index in [-0.39, 0.29) is 17.5 Å². The van der Waals surface area contributed by atoms with Gasteiger partial charge in [-0.25, -0.2) is 13.4 Å². The summed E-state index contributed by atoms with van der Waals surface area (Å²) in [5.41, 5.74) is 1.31. The number of aromatic nitrogens is 2. The zero-order valence-electron chi connectivity index (χ0n) is 14.4. The van der Waals surface area contributed by atoms with Gasteiger partial charge in [0, 0.05) is 27.0 Å². The Hall–Kier alpha value is -1.72. The Kier molecular flexibility index (Phi) is 6.56. The minimum atomic E-state index is -3.41. The quantitative estimate of drug-likeness (QED) is 0.589. The van der Waals surface area contributed by atoms with Gasteiger partial charge in [0.25, 0.3) is 5.91 Å². The highest BCUT2D eigenvalue weighted by atomic mass is 35.5. The van der Waals surface area contributed by atoms with E-state index in [0.29, 0.717) is 27.1 Å². The molecular weight excluding hydrogens is 463 g/mol. The first kappa shape index (κ1) is 21.0. The fourth-order valence-corrected chi connectivity index (χ4v) is 5.01. The standard InChI is InChI=1S/C16H14Cl2N4O3S3/c1-28(24,25)21-15-19-12(9-27-15)7-14(23)20-16-22(4-5-26-16)8-10-2-3-11(17)6-13(10)18/h2-6,9H,7-8H2,1H3,(H,19,21). The second-order valence-electron chi connectivity index (χ2n) is 5.75. The third kappa shape index (κ3) is 5.89. The van der Waals surface area contributed by atoms with Crippen LogP contribution in [0.3, 0.4) is 0 Å². The average Bonchev–Trinajstić information content (AvgIpc) is 3.18. The lowest BCUT2D eigenvalue weighted by Crippen LogP contribution is -2.18. The van der Waals surface area contributed by atoms with Gasteiger partial charge in [0.15, 0.2) is 9.93 Å². The highest BCUT2D eigenvalue weighted by Crippen LogP contribution is 2.21. The fraction of sp³-hybridized carbons (Fsp3) is 0.188. The van der Waals surface area contributed by atoms with Gasteiger partial charge in [-0.15, -0.1) is 22.7 Å². The Morgan fingerprint density at radius 3 is 2.82 bits per heavy atom. The molecule has 0 aliphatic carbocycles. The maximum absolute atomic E-state index is 12.3. The topological polar surface area (TPSA) is 93.4 Å². The van der Waals surface area contributed by atoms with Crippen LogP contribution in [0.15, 0.2) is 40.1 Å². The van der Waals surface area contributed by atoms with E-state index in [0.717, 1.165) is 23.2 Å². The molecule has 1 amide bonds. The first-order valence-electron chi connectivity index (χ1n) is 7.77. The summed E-state index contributed by atoms with van der Waals surface area (Å²) >= 11 is 14.6. The van der Waals surface area contributed by atoms with Gasteiger partial charge in [-0.05, 0) is 17.7 Å². The monoisotopic (exact) mass is 476 g/mol. The third-order valence-electron chi connectivity index (χ3n) is 3.39. The van der Waals surface area contributed by atoms with Crippen molar-refractivity contribution in [3.8, 4) is 0 Å². The molecule has 0 unspecified atom stereocenters. The first-order valence-corrected chi connectivity index (χ1v) is 12.2. The van der Waals surface area contributed by atoms with Crippen molar-refractivity contribution < 1.29 is 13.2 Å². The summed E-state index contributed by atoms with van der Waals surface area (Å²) < 4.78 is 26.5. The molecular formula is C16H14Cl2N4O3S3.